The summed E-state index contributed by atoms with van der Waals surface area (Å²) in [6, 6.07) is 6.83. The van der Waals surface area contributed by atoms with E-state index in [0.717, 1.165) is 6.20 Å². The number of hydrogen-bond donors (Lipinski definition) is 1. The van der Waals surface area contributed by atoms with E-state index >= 15 is 0 Å². The van der Waals surface area contributed by atoms with Crippen LogP contribution in [0, 0.1) is 0 Å². The third kappa shape index (κ3) is 2.72. The molecule has 1 N–H and O–H groups in total. The highest BCUT2D eigenvalue weighted by molar-refractivity contribution is 6.30. The van der Waals surface area contributed by atoms with Crippen molar-refractivity contribution in [2.24, 2.45) is 0 Å². The number of rotatable bonds is 4. The molecule has 0 radical (unpaired) electrons. The van der Waals surface area contributed by atoms with Crippen molar-refractivity contribution in [3.05, 3.63) is 57.0 Å². The highest BCUT2D eigenvalue weighted by atomic mass is 35.5. The Bertz CT molecular complexity index is 693. The van der Waals surface area contributed by atoms with Gasteiger partial charge in [-0.05, 0) is 30.7 Å². The molecule has 1 aromatic carbocycles. The molecule has 20 heavy (non-hydrogen) atoms. The molecule has 1 heterocycles. The van der Waals surface area contributed by atoms with Gasteiger partial charge in [-0.25, -0.2) is 9.48 Å². The molecule has 0 unspecified atom stereocenters. The van der Waals surface area contributed by atoms with E-state index in [4.69, 9.17) is 11.6 Å². The summed E-state index contributed by atoms with van der Waals surface area (Å²) >= 11 is 5.83. The second-order valence-corrected chi connectivity index (χ2v) is 4.71. The number of hydrogen-bond acceptors (Lipinski definition) is 3. The molecule has 1 aromatic heterocycles. The molecule has 0 fully saturated rings. The Morgan fingerprint density at radius 2 is 2.00 bits per heavy atom. The van der Waals surface area contributed by atoms with Crippen LogP contribution >= 0.6 is 11.6 Å². The van der Waals surface area contributed by atoms with Crippen molar-refractivity contribution in [2.45, 2.75) is 19.8 Å². The van der Waals surface area contributed by atoms with E-state index in [1.54, 1.807) is 24.3 Å². The summed E-state index contributed by atoms with van der Waals surface area (Å²) in [4.78, 5) is 23.0. The van der Waals surface area contributed by atoms with Gasteiger partial charge in [0.2, 0.25) is 5.43 Å². The Labute approximate surface area is 120 Å². The summed E-state index contributed by atoms with van der Waals surface area (Å²) < 4.78 is 1.48. The molecule has 104 valence electrons. The maximum Gasteiger partial charge on any atom is 0.341 e. The van der Waals surface area contributed by atoms with Crippen LogP contribution in [0.2, 0.25) is 5.02 Å². The van der Waals surface area contributed by atoms with Crippen LogP contribution in [-0.4, -0.2) is 20.9 Å². The van der Waals surface area contributed by atoms with Gasteiger partial charge < -0.3 is 5.11 Å². The number of carbonyl (C=O) groups is 1. The summed E-state index contributed by atoms with van der Waals surface area (Å²) in [5.41, 5.74) is 0.262. The van der Waals surface area contributed by atoms with Gasteiger partial charge in [0.05, 0.1) is 17.6 Å². The van der Waals surface area contributed by atoms with Crippen LogP contribution in [0.1, 0.15) is 29.4 Å². The van der Waals surface area contributed by atoms with E-state index in [9.17, 15) is 14.7 Å². The average Bonchev–Trinajstić information content (AvgIpc) is 2.40. The number of carboxylic acid groups (broad SMARTS) is 1. The molecule has 0 aliphatic rings. The Morgan fingerprint density at radius 1 is 1.35 bits per heavy atom. The van der Waals surface area contributed by atoms with Gasteiger partial charge in [0, 0.05) is 5.02 Å². The molecule has 0 spiro atoms. The first-order valence-electron chi connectivity index (χ1n) is 6.15. The lowest BCUT2D eigenvalue weighted by Gasteiger charge is -2.13. The maximum atomic E-state index is 11.7. The minimum Gasteiger partial charge on any atom is -0.477 e. The third-order valence-corrected chi connectivity index (χ3v) is 3.10. The second kappa shape index (κ2) is 5.88. The molecule has 2 rings (SSSR count). The zero-order valence-electron chi connectivity index (χ0n) is 10.8. The van der Waals surface area contributed by atoms with Gasteiger partial charge in [-0.3, -0.25) is 4.79 Å². The SMILES string of the molecule is CCCc1c(C(=O)O)c(=O)cnn1-c1ccc(Cl)cc1. The van der Waals surface area contributed by atoms with Crippen LogP contribution in [0.5, 0.6) is 0 Å². The molecule has 2 aromatic rings. The monoisotopic (exact) mass is 292 g/mol. The van der Waals surface area contributed by atoms with E-state index < -0.39 is 11.4 Å². The van der Waals surface area contributed by atoms with Crippen LogP contribution in [0.3, 0.4) is 0 Å². The molecule has 0 bridgehead atoms. The zero-order chi connectivity index (χ0) is 14.7. The molecule has 0 saturated heterocycles. The van der Waals surface area contributed by atoms with Crippen LogP contribution < -0.4 is 5.43 Å². The number of aromatic carboxylic acids is 1. The number of nitrogens with zero attached hydrogens (tertiary/aromatic N) is 2. The minimum atomic E-state index is -1.23. The van der Waals surface area contributed by atoms with E-state index in [1.807, 2.05) is 6.92 Å². The van der Waals surface area contributed by atoms with Gasteiger partial charge >= 0.3 is 5.97 Å². The molecule has 6 heteroatoms. The second-order valence-electron chi connectivity index (χ2n) is 4.27. The third-order valence-electron chi connectivity index (χ3n) is 2.85. The van der Waals surface area contributed by atoms with Crippen LogP contribution in [-0.2, 0) is 6.42 Å². The van der Waals surface area contributed by atoms with Crippen LogP contribution in [0.4, 0.5) is 0 Å². The van der Waals surface area contributed by atoms with E-state index in [-0.39, 0.29) is 5.56 Å². The van der Waals surface area contributed by atoms with Gasteiger partial charge in [-0.1, -0.05) is 24.9 Å². The topological polar surface area (TPSA) is 72.2 Å². The fourth-order valence-corrected chi connectivity index (χ4v) is 2.12. The van der Waals surface area contributed by atoms with Crippen LogP contribution in [0.25, 0.3) is 5.69 Å². The van der Waals surface area contributed by atoms with Crippen molar-refractivity contribution < 1.29 is 9.90 Å². The smallest absolute Gasteiger partial charge is 0.341 e. The molecule has 0 aliphatic heterocycles. The maximum absolute atomic E-state index is 11.7. The zero-order valence-corrected chi connectivity index (χ0v) is 11.6. The quantitative estimate of drug-likeness (QED) is 0.940. The van der Waals surface area contributed by atoms with Gasteiger partial charge in [0.1, 0.15) is 5.56 Å². The Morgan fingerprint density at radius 3 is 2.55 bits per heavy atom. The van der Waals surface area contributed by atoms with Crippen molar-refractivity contribution in [2.75, 3.05) is 0 Å². The summed E-state index contributed by atoms with van der Waals surface area (Å²) in [5, 5.41) is 13.8. The number of carboxylic acids is 1. The first-order valence-corrected chi connectivity index (χ1v) is 6.52. The highest BCUT2D eigenvalue weighted by Gasteiger charge is 2.18. The van der Waals surface area contributed by atoms with Gasteiger partial charge in [-0.2, -0.15) is 5.10 Å². The summed E-state index contributed by atoms with van der Waals surface area (Å²) in [7, 11) is 0. The van der Waals surface area contributed by atoms with Crippen molar-refractivity contribution in [3.8, 4) is 5.69 Å². The lowest BCUT2D eigenvalue weighted by atomic mass is 10.1. The van der Waals surface area contributed by atoms with Crippen LogP contribution in [0.15, 0.2) is 35.3 Å². The van der Waals surface area contributed by atoms with Crippen molar-refractivity contribution in [1.29, 1.82) is 0 Å². The first-order chi connectivity index (χ1) is 9.54. The average molecular weight is 293 g/mol. The fraction of sp³-hybridized carbons (Fsp3) is 0.214. The predicted octanol–water partition coefficient (Wildman–Crippen LogP) is 2.54. The van der Waals surface area contributed by atoms with E-state index in [0.29, 0.717) is 29.2 Å². The normalized spacial score (nSPS) is 10.5. The van der Waals surface area contributed by atoms with E-state index in [2.05, 4.69) is 5.10 Å². The molecule has 0 aliphatic carbocycles. The molecule has 0 saturated carbocycles. The Balaban J connectivity index is 2.69. The molecular formula is C14H13ClN2O3. The van der Waals surface area contributed by atoms with Crippen molar-refractivity contribution in [3.63, 3.8) is 0 Å². The predicted molar refractivity (Wildman–Crippen MR) is 75.8 cm³/mol. The fourth-order valence-electron chi connectivity index (χ4n) is 1.99. The first kappa shape index (κ1) is 14.3. The molecule has 0 amide bonds. The van der Waals surface area contributed by atoms with Gasteiger partial charge in [-0.15, -0.1) is 0 Å². The van der Waals surface area contributed by atoms with E-state index in [1.165, 1.54) is 4.68 Å². The minimum absolute atomic E-state index is 0.225. The largest absolute Gasteiger partial charge is 0.477 e. The number of aromatic nitrogens is 2. The summed E-state index contributed by atoms with van der Waals surface area (Å²) in [6.07, 6.45) is 2.18. The molecule has 0 atom stereocenters. The van der Waals surface area contributed by atoms with Gasteiger partial charge in [0.25, 0.3) is 0 Å². The standard InChI is InChI=1S/C14H13ClN2O3/c1-2-3-11-13(14(19)20)12(18)8-16-17(11)10-6-4-9(15)5-7-10/h4-8H,2-3H2,1H3,(H,19,20). The van der Waals surface area contributed by atoms with Gasteiger partial charge in [0.15, 0.2) is 0 Å². The summed E-state index contributed by atoms with van der Waals surface area (Å²) in [5.74, 6) is -1.23. The molecular weight excluding hydrogens is 280 g/mol. The lowest BCUT2D eigenvalue weighted by Crippen LogP contribution is -2.24. The Kier molecular flexibility index (Phi) is 4.20. The van der Waals surface area contributed by atoms with Crippen molar-refractivity contribution in [1.82, 2.24) is 9.78 Å². The lowest BCUT2D eigenvalue weighted by molar-refractivity contribution is 0.0693. The van der Waals surface area contributed by atoms with Crippen molar-refractivity contribution >= 4 is 17.6 Å². The number of halogens is 1. The highest BCUT2D eigenvalue weighted by Crippen LogP contribution is 2.16. The number of benzene rings is 1. The Hall–Kier alpha value is -2.14. The molecule has 5 nitrogen and oxygen atoms in total. The summed E-state index contributed by atoms with van der Waals surface area (Å²) in [6.45, 7) is 1.91.